The van der Waals surface area contributed by atoms with E-state index in [1.807, 2.05) is 12.1 Å². The molecular weight excluding hydrogens is 551 g/mol. The zero-order valence-corrected chi connectivity index (χ0v) is 21.9. The second kappa shape index (κ2) is 12.4. The van der Waals surface area contributed by atoms with Crippen LogP contribution in [0.2, 0.25) is 0 Å². The Labute approximate surface area is 230 Å². The SMILES string of the molecule is COc1ccc(-c2ccc(C(C)(C)NC(=O)c3cnc(NC(=O)CCC(=O)O)nc3OC(=O)C(F)(F)F)cn2)cc1. The first kappa shape index (κ1) is 30.5. The largest absolute Gasteiger partial charge is 0.497 e. The van der Waals surface area contributed by atoms with E-state index in [4.69, 9.17) is 9.84 Å². The number of nitrogens with one attached hydrogen (secondary N) is 2. The van der Waals surface area contributed by atoms with Gasteiger partial charge in [-0.05, 0) is 49.7 Å². The van der Waals surface area contributed by atoms with Gasteiger partial charge in [0, 0.05) is 24.4 Å². The van der Waals surface area contributed by atoms with Gasteiger partial charge >= 0.3 is 18.1 Å². The summed E-state index contributed by atoms with van der Waals surface area (Å²) in [5, 5.41) is 13.4. The van der Waals surface area contributed by atoms with Crippen LogP contribution in [-0.4, -0.2) is 57.1 Å². The third-order valence-electron chi connectivity index (χ3n) is 5.53. The molecule has 216 valence electrons. The number of pyridine rings is 1. The topological polar surface area (TPSA) is 170 Å². The number of hydrogen-bond donors (Lipinski definition) is 3. The van der Waals surface area contributed by atoms with E-state index in [2.05, 4.69) is 30.3 Å². The van der Waals surface area contributed by atoms with Gasteiger partial charge in [-0.25, -0.2) is 9.78 Å². The summed E-state index contributed by atoms with van der Waals surface area (Å²) in [6.45, 7) is 3.21. The Morgan fingerprint density at radius 3 is 2.20 bits per heavy atom. The van der Waals surface area contributed by atoms with Crippen LogP contribution >= 0.6 is 0 Å². The molecule has 1 aromatic carbocycles. The van der Waals surface area contributed by atoms with Crippen molar-refractivity contribution in [1.29, 1.82) is 0 Å². The summed E-state index contributed by atoms with van der Waals surface area (Å²) in [6.07, 6.45) is -4.17. The molecule has 0 saturated heterocycles. The number of nitrogens with zero attached hydrogens (tertiary/aromatic N) is 3. The van der Waals surface area contributed by atoms with Gasteiger partial charge in [-0.2, -0.15) is 18.2 Å². The van der Waals surface area contributed by atoms with Gasteiger partial charge in [0.25, 0.3) is 5.91 Å². The lowest BCUT2D eigenvalue weighted by Gasteiger charge is -2.27. The van der Waals surface area contributed by atoms with Crippen LogP contribution in [0, 0.1) is 0 Å². The number of halogens is 3. The molecule has 12 nitrogen and oxygen atoms in total. The summed E-state index contributed by atoms with van der Waals surface area (Å²) in [4.78, 5) is 58.8. The number of amides is 2. The van der Waals surface area contributed by atoms with Crippen LogP contribution in [0.3, 0.4) is 0 Å². The van der Waals surface area contributed by atoms with Gasteiger partial charge in [-0.15, -0.1) is 0 Å². The highest BCUT2D eigenvalue weighted by Gasteiger charge is 2.42. The van der Waals surface area contributed by atoms with E-state index in [-0.39, 0.29) is 0 Å². The lowest BCUT2D eigenvalue weighted by Crippen LogP contribution is -2.41. The minimum atomic E-state index is -5.42. The fraction of sp³-hybridized carbons (Fsp3) is 0.269. The highest BCUT2D eigenvalue weighted by molar-refractivity contribution is 5.98. The van der Waals surface area contributed by atoms with E-state index in [1.165, 1.54) is 6.20 Å². The number of rotatable bonds is 10. The van der Waals surface area contributed by atoms with Crippen molar-refractivity contribution in [3.05, 3.63) is 59.9 Å². The highest BCUT2D eigenvalue weighted by atomic mass is 19.4. The number of alkyl halides is 3. The van der Waals surface area contributed by atoms with Crippen molar-refractivity contribution in [1.82, 2.24) is 20.3 Å². The van der Waals surface area contributed by atoms with E-state index in [0.29, 0.717) is 17.0 Å². The van der Waals surface area contributed by atoms with Crippen molar-refractivity contribution in [3.63, 3.8) is 0 Å². The number of aromatic nitrogens is 3. The normalized spacial score (nSPS) is 11.4. The van der Waals surface area contributed by atoms with Crippen molar-refractivity contribution >= 4 is 29.7 Å². The van der Waals surface area contributed by atoms with Crippen molar-refractivity contribution < 1.29 is 46.9 Å². The third-order valence-corrected chi connectivity index (χ3v) is 5.53. The Balaban J connectivity index is 1.83. The van der Waals surface area contributed by atoms with Gasteiger partial charge in [0.2, 0.25) is 17.7 Å². The third kappa shape index (κ3) is 8.20. The maximum absolute atomic E-state index is 13.1. The van der Waals surface area contributed by atoms with Crippen LogP contribution in [0.25, 0.3) is 11.3 Å². The van der Waals surface area contributed by atoms with E-state index < -0.39 is 65.7 Å². The minimum Gasteiger partial charge on any atom is -0.497 e. The highest BCUT2D eigenvalue weighted by Crippen LogP contribution is 2.27. The molecule has 3 rings (SSSR count). The second-order valence-corrected chi connectivity index (χ2v) is 8.98. The number of carbonyl (C=O) groups is 4. The second-order valence-electron chi connectivity index (χ2n) is 8.98. The molecule has 0 bridgehead atoms. The van der Waals surface area contributed by atoms with Crippen molar-refractivity contribution in [2.75, 3.05) is 12.4 Å². The Bertz CT molecular complexity index is 1440. The summed E-state index contributed by atoms with van der Waals surface area (Å²) in [5.74, 6) is -6.80. The fourth-order valence-corrected chi connectivity index (χ4v) is 3.33. The smallest absolute Gasteiger partial charge is 0.491 e. The van der Waals surface area contributed by atoms with Crippen LogP contribution in [0.15, 0.2) is 48.8 Å². The zero-order chi connectivity index (χ0) is 30.4. The molecule has 41 heavy (non-hydrogen) atoms. The van der Waals surface area contributed by atoms with Crippen molar-refractivity contribution in [2.24, 2.45) is 0 Å². The molecule has 0 spiro atoms. The number of hydrogen-bond acceptors (Lipinski definition) is 9. The maximum Gasteiger partial charge on any atom is 0.491 e. The molecule has 2 heterocycles. The van der Waals surface area contributed by atoms with E-state index in [0.717, 1.165) is 11.8 Å². The first-order valence-corrected chi connectivity index (χ1v) is 11.8. The predicted molar refractivity (Wildman–Crippen MR) is 136 cm³/mol. The number of carbonyl (C=O) groups excluding carboxylic acids is 3. The Hall–Kier alpha value is -5.08. The van der Waals surface area contributed by atoms with Crippen LogP contribution < -0.4 is 20.1 Å². The standard InChI is InChI=1S/C26H24F3N5O7/c1-25(2,15-6-9-18(30-12-15)14-4-7-16(40-3)8-5-14)34-21(38)17-13-31-24(32-19(35)10-11-20(36)37)33-22(17)41-23(39)26(27,28)29/h4-9,12-13H,10-11H2,1-3H3,(H,34,38)(H,36,37)(H,31,32,33,35). The summed E-state index contributed by atoms with van der Waals surface area (Å²) in [6, 6.07) is 10.6. The number of benzene rings is 1. The van der Waals surface area contributed by atoms with Crippen LogP contribution in [-0.2, 0) is 19.9 Å². The molecule has 0 aliphatic rings. The Morgan fingerprint density at radius 1 is 0.951 bits per heavy atom. The number of anilines is 1. The monoisotopic (exact) mass is 575 g/mol. The Kier molecular flexibility index (Phi) is 9.21. The summed E-state index contributed by atoms with van der Waals surface area (Å²) >= 11 is 0. The quantitative estimate of drug-likeness (QED) is 0.304. The van der Waals surface area contributed by atoms with Gasteiger partial charge in [0.15, 0.2) is 0 Å². The molecule has 0 radical (unpaired) electrons. The molecule has 0 saturated carbocycles. The first-order valence-electron chi connectivity index (χ1n) is 11.8. The molecule has 15 heteroatoms. The molecule has 3 N–H and O–H groups in total. The number of esters is 1. The molecule has 2 aromatic heterocycles. The van der Waals surface area contributed by atoms with E-state index in [1.54, 1.807) is 45.2 Å². The average Bonchev–Trinajstić information content (AvgIpc) is 2.91. The zero-order valence-electron chi connectivity index (χ0n) is 21.9. The number of methoxy groups -OCH3 is 1. The number of ether oxygens (including phenoxy) is 2. The van der Waals surface area contributed by atoms with Crippen LogP contribution in [0.1, 0.15) is 42.6 Å². The molecule has 0 atom stereocenters. The molecular formula is C26H24F3N5O7. The number of carboxylic acid groups (broad SMARTS) is 1. The van der Waals surface area contributed by atoms with E-state index in [9.17, 15) is 32.3 Å². The minimum absolute atomic E-state index is 0.488. The Morgan fingerprint density at radius 2 is 1.63 bits per heavy atom. The van der Waals surface area contributed by atoms with Gasteiger partial charge in [0.1, 0.15) is 11.3 Å². The summed E-state index contributed by atoms with van der Waals surface area (Å²) in [7, 11) is 1.55. The molecule has 0 unspecified atom stereocenters. The predicted octanol–water partition coefficient (Wildman–Crippen LogP) is 3.48. The average molecular weight is 576 g/mol. The van der Waals surface area contributed by atoms with Gasteiger partial charge in [0.05, 0.1) is 24.8 Å². The van der Waals surface area contributed by atoms with Crippen LogP contribution in [0.5, 0.6) is 11.6 Å². The van der Waals surface area contributed by atoms with Crippen molar-refractivity contribution in [2.45, 2.75) is 38.4 Å². The lowest BCUT2D eigenvalue weighted by atomic mass is 9.95. The van der Waals surface area contributed by atoms with E-state index >= 15 is 0 Å². The molecule has 0 fully saturated rings. The summed E-state index contributed by atoms with van der Waals surface area (Å²) in [5.41, 5.74) is 0.205. The van der Waals surface area contributed by atoms with Gasteiger partial charge in [-0.3, -0.25) is 24.7 Å². The molecule has 2 amide bonds. The number of aliphatic carboxylic acids is 1. The van der Waals surface area contributed by atoms with Crippen molar-refractivity contribution in [3.8, 4) is 22.9 Å². The molecule has 0 aliphatic carbocycles. The number of carboxylic acids is 1. The maximum atomic E-state index is 13.1. The molecule has 3 aromatic rings. The first-order chi connectivity index (χ1) is 19.2. The van der Waals surface area contributed by atoms with Gasteiger partial charge in [-0.1, -0.05) is 6.07 Å². The lowest BCUT2D eigenvalue weighted by molar-refractivity contribution is -0.190. The van der Waals surface area contributed by atoms with Gasteiger partial charge < -0.3 is 19.9 Å². The fourth-order valence-electron chi connectivity index (χ4n) is 3.33. The summed E-state index contributed by atoms with van der Waals surface area (Å²) < 4.78 is 48.1. The molecule has 0 aliphatic heterocycles. The van der Waals surface area contributed by atoms with Crippen LogP contribution in [0.4, 0.5) is 19.1 Å².